The van der Waals surface area contributed by atoms with E-state index in [1.54, 1.807) is 0 Å². The van der Waals surface area contributed by atoms with Crippen molar-refractivity contribution in [3.63, 3.8) is 0 Å². The third kappa shape index (κ3) is 3.54. The van der Waals surface area contributed by atoms with Gasteiger partial charge in [-0.3, -0.25) is 5.10 Å². The number of halogens is 1. The van der Waals surface area contributed by atoms with Gasteiger partial charge in [-0.2, -0.15) is 15.0 Å². The molecule has 18 heavy (non-hydrogen) atoms. The molecule has 0 aromatic carbocycles. The smallest absolute Gasteiger partial charge is 0.322 e. The van der Waals surface area contributed by atoms with Crippen molar-refractivity contribution in [2.75, 3.05) is 0 Å². The summed E-state index contributed by atoms with van der Waals surface area (Å²) in [6.07, 6.45) is -0.0351. The third-order valence-electron chi connectivity index (χ3n) is 1.67. The molecular weight excluding hydrogens is 276 g/mol. The van der Waals surface area contributed by atoms with Gasteiger partial charge in [0.05, 0.1) is 6.10 Å². The SMILES string of the molecule is Cc1nc(Sc2nc(Cl)nc(OC(C)C)n2)n[nH]1. The van der Waals surface area contributed by atoms with Crippen molar-refractivity contribution in [3.8, 4) is 6.01 Å². The van der Waals surface area contributed by atoms with Gasteiger partial charge in [0.2, 0.25) is 15.6 Å². The third-order valence-corrected chi connectivity index (χ3v) is 2.57. The topological polar surface area (TPSA) is 89.5 Å². The molecule has 0 amide bonds. The average molecular weight is 287 g/mol. The lowest BCUT2D eigenvalue weighted by Gasteiger charge is -2.07. The molecule has 0 aliphatic carbocycles. The summed E-state index contributed by atoms with van der Waals surface area (Å²) in [6.45, 7) is 5.57. The molecule has 0 fully saturated rings. The lowest BCUT2D eigenvalue weighted by molar-refractivity contribution is 0.219. The molecule has 2 heterocycles. The highest BCUT2D eigenvalue weighted by Crippen LogP contribution is 2.23. The fourth-order valence-electron chi connectivity index (χ4n) is 1.07. The summed E-state index contributed by atoms with van der Waals surface area (Å²) in [7, 11) is 0. The maximum atomic E-state index is 5.80. The van der Waals surface area contributed by atoms with Gasteiger partial charge >= 0.3 is 6.01 Å². The van der Waals surface area contributed by atoms with Gasteiger partial charge in [-0.25, -0.2) is 4.98 Å². The van der Waals surface area contributed by atoms with Crippen LogP contribution in [0, 0.1) is 6.92 Å². The number of aryl methyl sites for hydroxylation is 1. The Bertz CT molecular complexity index is 546. The highest BCUT2D eigenvalue weighted by molar-refractivity contribution is 7.99. The van der Waals surface area contributed by atoms with Crippen LogP contribution in [0.4, 0.5) is 0 Å². The van der Waals surface area contributed by atoms with Gasteiger partial charge in [0.1, 0.15) is 5.82 Å². The van der Waals surface area contributed by atoms with Gasteiger partial charge in [-0.15, -0.1) is 5.10 Å². The summed E-state index contributed by atoms with van der Waals surface area (Å²) >= 11 is 6.98. The van der Waals surface area contributed by atoms with Gasteiger partial charge in [0.15, 0.2) is 0 Å². The van der Waals surface area contributed by atoms with E-state index in [1.807, 2.05) is 20.8 Å². The number of hydrogen-bond acceptors (Lipinski definition) is 7. The molecule has 0 radical (unpaired) electrons. The highest BCUT2D eigenvalue weighted by Gasteiger charge is 2.11. The number of hydrogen-bond donors (Lipinski definition) is 1. The van der Waals surface area contributed by atoms with Crippen LogP contribution in [0.25, 0.3) is 0 Å². The van der Waals surface area contributed by atoms with Gasteiger partial charge in [0.25, 0.3) is 0 Å². The molecule has 2 aromatic heterocycles. The Morgan fingerprint density at radius 1 is 1.17 bits per heavy atom. The van der Waals surface area contributed by atoms with E-state index < -0.39 is 0 Å². The minimum absolute atomic E-state index is 0.0351. The molecule has 0 saturated carbocycles. The average Bonchev–Trinajstić information content (AvgIpc) is 2.61. The van der Waals surface area contributed by atoms with Crippen LogP contribution in [-0.2, 0) is 0 Å². The lowest BCUT2D eigenvalue weighted by Crippen LogP contribution is -2.09. The van der Waals surface area contributed by atoms with E-state index in [9.17, 15) is 0 Å². The van der Waals surface area contributed by atoms with Gasteiger partial charge in [-0.1, -0.05) is 0 Å². The van der Waals surface area contributed by atoms with Crippen LogP contribution in [0.15, 0.2) is 10.3 Å². The molecule has 1 N–H and O–H groups in total. The lowest BCUT2D eigenvalue weighted by atomic mass is 10.5. The van der Waals surface area contributed by atoms with Crippen LogP contribution in [-0.4, -0.2) is 36.2 Å². The Balaban J connectivity index is 2.19. The number of nitrogens with one attached hydrogen (secondary N) is 1. The van der Waals surface area contributed by atoms with Crippen LogP contribution in [0.5, 0.6) is 6.01 Å². The number of aromatic amines is 1. The molecule has 0 aliphatic heterocycles. The summed E-state index contributed by atoms with van der Waals surface area (Å²) in [5.41, 5.74) is 0. The first-order valence-corrected chi connectivity index (χ1v) is 6.37. The van der Waals surface area contributed by atoms with Crippen molar-refractivity contribution in [2.24, 2.45) is 0 Å². The monoisotopic (exact) mass is 286 g/mol. The summed E-state index contributed by atoms with van der Waals surface area (Å²) < 4.78 is 5.37. The molecule has 0 aliphatic rings. The second-order valence-corrected chi connectivity index (χ2v) is 4.91. The number of ether oxygens (including phenoxy) is 1. The van der Waals surface area contributed by atoms with E-state index >= 15 is 0 Å². The van der Waals surface area contributed by atoms with Crippen molar-refractivity contribution >= 4 is 23.4 Å². The first kappa shape index (κ1) is 13.0. The first-order valence-electron chi connectivity index (χ1n) is 5.18. The Kier molecular flexibility index (Phi) is 3.97. The molecule has 0 spiro atoms. The summed E-state index contributed by atoms with van der Waals surface area (Å²) in [5, 5.41) is 7.70. The highest BCUT2D eigenvalue weighted by atomic mass is 35.5. The van der Waals surface area contributed by atoms with Crippen LogP contribution in [0.2, 0.25) is 5.28 Å². The molecule has 2 rings (SSSR count). The minimum Gasteiger partial charge on any atom is -0.461 e. The number of rotatable bonds is 4. The molecule has 7 nitrogen and oxygen atoms in total. The predicted octanol–water partition coefficient (Wildman–Crippen LogP) is 1.89. The molecule has 0 bridgehead atoms. The Hall–Kier alpha value is -1.41. The van der Waals surface area contributed by atoms with Crippen LogP contribution in [0.1, 0.15) is 19.7 Å². The van der Waals surface area contributed by atoms with E-state index in [-0.39, 0.29) is 17.4 Å². The normalized spacial score (nSPS) is 10.9. The number of nitrogens with zero attached hydrogens (tertiary/aromatic N) is 5. The Morgan fingerprint density at radius 3 is 2.56 bits per heavy atom. The molecule has 9 heteroatoms. The van der Waals surface area contributed by atoms with Gasteiger partial charge in [0, 0.05) is 0 Å². The standard InChI is InChI=1S/C9H11ClN6OS/c1-4(2)17-7-12-6(10)13-8(14-7)18-9-11-5(3)15-16-9/h4H,1-3H3,(H,11,15,16). The van der Waals surface area contributed by atoms with Crippen molar-refractivity contribution < 1.29 is 4.74 Å². The van der Waals surface area contributed by atoms with E-state index in [0.717, 1.165) is 5.82 Å². The first-order chi connectivity index (χ1) is 8.52. The van der Waals surface area contributed by atoms with Crippen molar-refractivity contribution in [3.05, 3.63) is 11.1 Å². The van der Waals surface area contributed by atoms with Crippen LogP contribution < -0.4 is 4.74 Å². The molecule has 2 aromatic rings. The van der Waals surface area contributed by atoms with Crippen molar-refractivity contribution in [1.82, 2.24) is 30.1 Å². The van der Waals surface area contributed by atoms with E-state index in [4.69, 9.17) is 16.3 Å². The quantitative estimate of drug-likeness (QED) is 0.918. The zero-order valence-electron chi connectivity index (χ0n) is 10.0. The Labute approximate surface area is 113 Å². The predicted molar refractivity (Wildman–Crippen MR) is 65.8 cm³/mol. The Morgan fingerprint density at radius 2 is 1.94 bits per heavy atom. The van der Waals surface area contributed by atoms with Gasteiger partial charge < -0.3 is 4.74 Å². The van der Waals surface area contributed by atoms with E-state index in [0.29, 0.717) is 10.3 Å². The molecular formula is C9H11ClN6OS. The largest absolute Gasteiger partial charge is 0.461 e. The summed E-state index contributed by atoms with van der Waals surface area (Å²) in [5.74, 6) is 0.719. The molecule has 96 valence electrons. The van der Waals surface area contributed by atoms with Crippen LogP contribution >= 0.6 is 23.4 Å². The zero-order valence-corrected chi connectivity index (χ0v) is 11.6. The second-order valence-electron chi connectivity index (χ2n) is 3.64. The zero-order chi connectivity index (χ0) is 13.1. The second kappa shape index (κ2) is 5.49. The maximum Gasteiger partial charge on any atom is 0.322 e. The minimum atomic E-state index is -0.0351. The molecule has 0 atom stereocenters. The van der Waals surface area contributed by atoms with Crippen molar-refractivity contribution in [2.45, 2.75) is 37.2 Å². The van der Waals surface area contributed by atoms with Crippen LogP contribution in [0.3, 0.4) is 0 Å². The van der Waals surface area contributed by atoms with Gasteiger partial charge in [-0.05, 0) is 44.1 Å². The fourth-order valence-corrected chi connectivity index (χ4v) is 1.97. The van der Waals surface area contributed by atoms with E-state index in [2.05, 4.69) is 30.1 Å². The summed E-state index contributed by atoms with van der Waals surface area (Å²) in [6, 6.07) is 0.194. The number of aromatic nitrogens is 6. The summed E-state index contributed by atoms with van der Waals surface area (Å²) in [4.78, 5) is 16.1. The van der Waals surface area contributed by atoms with Crippen molar-refractivity contribution in [1.29, 1.82) is 0 Å². The number of H-pyrrole nitrogens is 1. The fraction of sp³-hybridized carbons (Fsp3) is 0.444. The molecule has 0 unspecified atom stereocenters. The maximum absolute atomic E-state index is 5.80. The van der Waals surface area contributed by atoms with E-state index in [1.165, 1.54) is 11.8 Å². The molecule has 0 saturated heterocycles.